The third-order valence-corrected chi connectivity index (χ3v) is 2.41. The summed E-state index contributed by atoms with van der Waals surface area (Å²) in [6.45, 7) is 2.58. The van der Waals surface area contributed by atoms with E-state index in [9.17, 15) is 18.0 Å². The lowest BCUT2D eigenvalue weighted by molar-refractivity contribution is -0.142. The zero-order chi connectivity index (χ0) is 13.8. The van der Waals surface area contributed by atoms with Gasteiger partial charge in [0.15, 0.2) is 0 Å². The van der Waals surface area contributed by atoms with Gasteiger partial charge in [0.1, 0.15) is 6.54 Å². The third kappa shape index (κ3) is 4.77. The van der Waals surface area contributed by atoms with Gasteiger partial charge >= 0.3 is 6.18 Å². The van der Waals surface area contributed by atoms with Gasteiger partial charge < -0.3 is 5.32 Å². The van der Waals surface area contributed by atoms with Gasteiger partial charge in [0.2, 0.25) is 5.91 Å². The molecule has 0 spiro atoms. The van der Waals surface area contributed by atoms with Crippen molar-refractivity contribution < 1.29 is 18.0 Å². The zero-order valence-corrected chi connectivity index (χ0v) is 10.3. The topological polar surface area (TPSA) is 46.9 Å². The zero-order valence-electron chi connectivity index (χ0n) is 10.3. The highest BCUT2D eigenvalue weighted by Crippen LogP contribution is 2.18. The standard InChI is InChI=1S/C11H16F3N3O/c1-3-4-8(2)10(18)16-9-5-15-17(6-9)7-11(12,13)14/h5-6,8H,3-4,7H2,1-2H3,(H,16,18). The van der Waals surface area contributed by atoms with Crippen LogP contribution < -0.4 is 5.32 Å². The lowest BCUT2D eigenvalue weighted by Gasteiger charge is -2.09. The average molecular weight is 263 g/mol. The molecule has 0 radical (unpaired) electrons. The van der Waals surface area contributed by atoms with Crippen LogP contribution in [0.2, 0.25) is 0 Å². The Morgan fingerprint density at radius 1 is 1.56 bits per heavy atom. The van der Waals surface area contributed by atoms with Gasteiger partial charge in [-0.25, -0.2) is 0 Å². The summed E-state index contributed by atoms with van der Waals surface area (Å²) in [6, 6.07) is 0. The first-order valence-corrected chi connectivity index (χ1v) is 5.72. The fourth-order valence-electron chi connectivity index (χ4n) is 1.53. The van der Waals surface area contributed by atoms with E-state index in [4.69, 9.17) is 0 Å². The van der Waals surface area contributed by atoms with Crippen LogP contribution in [0.15, 0.2) is 12.4 Å². The number of halogens is 3. The summed E-state index contributed by atoms with van der Waals surface area (Å²) >= 11 is 0. The maximum absolute atomic E-state index is 12.1. The van der Waals surface area contributed by atoms with Crippen LogP contribution in [0.4, 0.5) is 18.9 Å². The molecule has 0 fully saturated rings. The molecule has 1 aromatic rings. The van der Waals surface area contributed by atoms with E-state index in [1.807, 2.05) is 6.92 Å². The Hall–Kier alpha value is -1.53. The summed E-state index contributed by atoms with van der Waals surface area (Å²) in [7, 11) is 0. The lowest BCUT2D eigenvalue weighted by Crippen LogP contribution is -2.20. The Labute approximate surface area is 103 Å². The second-order valence-electron chi connectivity index (χ2n) is 4.22. The van der Waals surface area contributed by atoms with Gasteiger partial charge in [-0.15, -0.1) is 0 Å². The molecule has 0 aromatic carbocycles. The number of aromatic nitrogens is 2. The second-order valence-corrected chi connectivity index (χ2v) is 4.22. The largest absolute Gasteiger partial charge is 0.408 e. The Kier molecular flexibility index (Phi) is 4.75. The molecule has 1 aromatic heterocycles. The van der Waals surface area contributed by atoms with E-state index in [1.54, 1.807) is 6.92 Å². The number of hydrogen-bond donors (Lipinski definition) is 1. The van der Waals surface area contributed by atoms with E-state index in [0.717, 1.165) is 17.5 Å². The van der Waals surface area contributed by atoms with E-state index >= 15 is 0 Å². The van der Waals surface area contributed by atoms with Crippen LogP contribution >= 0.6 is 0 Å². The van der Waals surface area contributed by atoms with Crippen molar-refractivity contribution in [3.05, 3.63) is 12.4 Å². The highest BCUT2D eigenvalue weighted by molar-refractivity contribution is 5.91. The minimum atomic E-state index is -4.32. The van der Waals surface area contributed by atoms with Crippen molar-refractivity contribution in [2.75, 3.05) is 5.32 Å². The second kappa shape index (κ2) is 5.88. The van der Waals surface area contributed by atoms with Crippen LogP contribution in [0.25, 0.3) is 0 Å². The van der Waals surface area contributed by atoms with Gasteiger partial charge in [-0.1, -0.05) is 20.3 Å². The van der Waals surface area contributed by atoms with Gasteiger partial charge in [0.25, 0.3) is 0 Å². The van der Waals surface area contributed by atoms with Crippen LogP contribution in [-0.2, 0) is 11.3 Å². The molecule has 0 saturated carbocycles. The van der Waals surface area contributed by atoms with E-state index in [0.29, 0.717) is 0 Å². The number of hydrogen-bond acceptors (Lipinski definition) is 2. The molecule has 102 valence electrons. The minimum Gasteiger partial charge on any atom is -0.323 e. The molecule has 1 N–H and O–H groups in total. The summed E-state index contributed by atoms with van der Waals surface area (Å²) in [5.41, 5.74) is 0.284. The molecule has 1 unspecified atom stereocenters. The molecule has 7 heteroatoms. The van der Waals surface area contributed by atoms with Crippen molar-refractivity contribution in [1.29, 1.82) is 0 Å². The Morgan fingerprint density at radius 3 is 2.78 bits per heavy atom. The third-order valence-electron chi connectivity index (χ3n) is 2.41. The number of carbonyl (C=O) groups is 1. The molecule has 18 heavy (non-hydrogen) atoms. The molecule has 0 bridgehead atoms. The maximum Gasteiger partial charge on any atom is 0.408 e. The average Bonchev–Trinajstić information content (AvgIpc) is 2.63. The smallest absolute Gasteiger partial charge is 0.323 e. The molecular formula is C11H16F3N3O. The molecule has 0 aliphatic rings. The molecule has 0 saturated heterocycles. The van der Waals surface area contributed by atoms with Gasteiger partial charge in [-0.05, 0) is 6.42 Å². The first-order chi connectivity index (χ1) is 8.31. The molecule has 0 aliphatic heterocycles. The van der Waals surface area contributed by atoms with Crippen molar-refractivity contribution in [2.24, 2.45) is 5.92 Å². The number of rotatable bonds is 5. The highest BCUT2D eigenvalue weighted by Gasteiger charge is 2.28. The van der Waals surface area contributed by atoms with Crippen LogP contribution in [0.1, 0.15) is 26.7 Å². The van der Waals surface area contributed by atoms with Crippen molar-refractivity contribution in [1.82, 2.24) is 9.78 Å². The van der Waals surface area contributed by atoms with E-state index in [1.165, 1.54) is 12.4 Å². The summed E-state index contributed by atoms with van der Waals surface area (Å²) in [6.07, 6.45) is -0.320. The minimum absolute atomic E-state index is 0.166. The van der Waals surface area contributed by atoms with Gasteiger partial charge in [-0.2, -0.15) is 18.3 Å². The number of anilines is 1. The maximum atomic E-state index is 12.1. The number of nitrogens with one attached hydrogen (secondary N) is 1. The summed E-state index contributed by atoms with van der Waals surface area (Å²) in [5.74, 6) is -0.371. The normalized spacial score (nSPS) is 13.4. The summed E-state index contributed by atoms with van der Waals surface area (Å²) in [5, 5.41) is 6.08. The van der Waals surface area contributed by atoms with Crippen molar-refractivity contribution >= 4 is 11.6 Å². The van der Waals surface area contributed by atoms with Crippen molar-refractivity contribution in [2.45, 2.75) is 39.4 Å². The molecule has 1 amide bonds. The first kappa shape index (κ1) is 14.5. The number of amides is 1. The van der Waals surface area contributed by atoms with Gasteiger partial charge in [0, 0.05) is 12.1 Å². The fourth-order valence-corrected chi connectivity index (χ4v) is 1.53. The molecule has 1 atom stereocenters. The van der Waals surface area contributed by atoms with Gasteiger partial charge in [0.05, 0.1) is 11.9 Å². The fraction of sp³-hybridized carbons (Fsp3) is 0.636. The summed E-state index contributed by atoms with van der Waals surface area (Å²) < 4.78 is 37.0. The Balaban J connectivity index is 2.56. The molecule has 4 nitrogen and oxygen atoms in total. The molecule has 0 aliphatic carbocycles. The number of nitrogens with zero attached hydrogens (tertiary/aromatic N) is 2. The van der Waals surface area contributed by atoms with E-state index in [-0.39, 0.29) is 17.5 Å². The van der Waals surface area contributed by atoms with Crippen LogP contribution in [0.3, 0.4) is 0 Å². The lowest BCUT2D eigenvalue weighted by atomic mass is 10.1. The monoisotopic (exact) mass is 263 g/mol. The van der Waals surface area contributed by atoms with Crippen LogP contribution in [-0.4, -0.2) is 21.9 Å². The SMILES string of the molecule is CCCC(C)C(=O)Nc1cnn(CC(F)(F)F)c1. The van der Waals surface area contributed by atoms with Gasteiger partial charge in [-0.3, -0.25) is 9.48 Å². The quantitative estimate of drug-likeness (QED) is 0.888. The van der Waals surface area contributed by atoms with Crippen LogP contribution in [0, 0.1) is 5.92 Å². The number of alkyl halides is 3. The Morgan fingerprint density at radius 2 is 2.22 bits per heavy atom. The molecular weight excluding hydrogens is 247 g/mol. The Bertz CT molecular complexity index is 400. The predicted octanol–water partition coefficient (Wildman–Crippen LogP) is 2.82. The van der Waals surface area contributed by atoms with Crippen molar-refractivity contribution in [3.8, 4) is 0 Å². The highest BCUT2D eigenvalue weighted by atomic mass is 19.4. The van der Waals surface area contributed by atoms with Crippen LogP contribution in [0.5, 0.6) is 0 Å². The van der Waals surface area contributed by atoms with E-state index < -0.39 is 12.7 Å². The molecule has 1 heterocycles. The summed E-state index contributed by atoms with van der Waals surface area (Å²) in [4.78, 5) is 11.6. The van der Waals surface area contributed by atoms with Crippen molar-refractivity contribution in [3.63, 3.8) is 0 Å². The number of carbonyl (C=O) groups excluding carboxylic acids is 1. The van der Waals surface area contributed by atoms with E-state index in [2.05, 4.69) is 10.4 Å². The first-order valence-electron chi connectivity index (χ1n) is 5.72. The molecule has 1 rings (SSSR count). The predicted molar refractivity (Wildman–Crippen MR) is 61.0 cm³/mol.